The van der Waals surface area contributed by atoms with Crippen LogP contribution in [0.3, 0.4) is 0 Å². The molecule has 0 bridgehead atoms. The van der Waals surface area contributed by atoms with E-state index in [0.29, 0.717) is 36.8 Å². The maximum atomic E-state index is 13.1. The Morgan fingerprint density at radius 3 is 2.78 bits per heavy atom. The summed E-state index contributed by atoms with van der Waals surface area (Å²) in [6.07, 6.45) is 3.35. The van der Waals surface area contributed by atoms with Crippen LogP contribution in [-0.2, 0) is 18.4 Å². The Labute approximate surface area is 189 Å². The number of nitrogens with one attached hydrogen (secondary N) is 1. The van der Waals surface area contributed by atoms with Crippen molar-refractivity contribution in [2.45, 2.75) is 13.5 Å². The van der Waals surface area contributed by atoms with E-state index in [2.05, 4.69) is 30.2 Å². The zero-order valence-electron chi connectivity index (χ0n) is 17.9. The minimum atomic E-state index is 0.0188. The van der Waals surface area contributed by atoms with Gasteiger partial charge in [0.25, 0.3) is 0 Å². The number of piperazine rings is 1. The third kappa shape index (κ3) is 3.64. The molecule has 3 aromatic heterocycles. The Balaban J connectivity index is 1.30. The number of H-pyrrole nitrogens is 1. The van der Waals surface area contributed by atoms with Gasteiger partial charge < -0.3 is 9.80 Å². The predicted molar refractivity (Wildman–Crippen MR) is 123 cm³/mol. The second-order valence-corrected chi connectivity index (χ2v) is 8.27. The fourth-order valence-electron chi connectivity index (χ4n) is 4.07. The fourth-order valence-corrected chi connectivity index (χ4v) is 4.27. The summed E-state index contributed by atoms with van der Waals surface area (Å²) < 4.78 is 3.94. The van der Waals surface area contributed by atoms with Crippen molar-refractivity contribution in [3.8, 4) is 11.4 Å². The maximum absolute atomic E-state index is 13.1. The maximum Gasteiger partial charge on any atom is 0.242 e. The fraction of sp³-hybridized carbons (Fsp3) is 0.333. The first-order valence-corrected chi connectivity index (χ1v) is 10.8. The number of aromatic amines is 1. The van der Waals surface area contributed by atoms with Gasteiger partial charge in [0, 0.05) is 38.8 Å². The first-order valence-electron chi connectivity index (χ1n) is 10.4. The molecular weight excluding hydrogens is 426 g/mol. The first kappa shape index (κ1) is 20.3. The van der Waals surface area contributed by atoms with Crippen LogP contribution >= 0.6 is 12.2 Å². The van der Waals surface area contributed by atoms with Crippen LogP contribution in [0.1, 0.15) is 5.56 Å². The molecule has 0 atom stereocenters. The largest absolute Gasteiger partial charge is 0.352 e. The zero-order valence-corrected chi connectivity index (χ0v) is 18.7. The topological polar surface area (TPSA) is 101 Å². The second-order valence-electron chi connectivity index (χ2n) is 7.88. The number of aryl methyl sites for hydroxylation is 2. The molecule has 0 spiro atoms. The Bertz CT molecular complexity index is 1350. The first-order chi connectivity index (χ1) is 15.5. The summed E-state index contributed by atoms with van der Waals surface area (Å²) in [5.74, 6) is 1.55. The number of hydrogen-bond acceptors (Lipinski definition) is 7. The summed E-state index contributed by atoms with van der Waals surface area (Å²) in [7, 11) is 1.86. The van der Waals surface area contributed by atoms with Crippen LogP contribution in [0.2, 0.25) is 0 Å². The van der Waals surface area contributed by atoms with Gasteiger partial charge in [-0.1, -0.05) is 23.8 Å². The monoisotopic (exact) mass is 449 g/mol. The highest BCUT2D eigenvalue weighted by atomic mass is 32.1. The van der Waals surface area contributed by atoms with E-state index in [-0.39, 0.29) is 12.5 Å². The quantitative estimate of drug-likeness (QED) is 0.475. The molecule has 5 rings (SSSR count). The number of carbonyl (C=O) groups is 1. The van der Waals surface area contributed by atoms with E-state index in [1.54, 1.807) is 21.8 Å². The highest BCUT2D eigenvalue weighted by molar-refractivity contribution is 7.71. The molecule has 10 nitrogen and oxygen atoms in total. The molecule has 0 radical (unpaired) electrons. The van der Waals surface area contributed by atoms with Gasteiger partial charge in [-0.15, -0.1) is 0 Å². The number of nitrogens with zero attached hydrogens (tertiary/aromatic N) is 8. The lowest BCUT2D eigenvalue weighted by Gasteiger charge is -2.35. The molecular formula is C21H23N9OS. The second kappa shape index (κ2) is 8.15. The van der Waals surface area contributed by atoms with Crippen LogP contribution in [0.4, 0.5) is 5.82 Å². The third-order valence-electron chi connectivity index (χ3n) is 5.77. The smallest absolute Gasteiger partial charge is 0.242 e. The van der Waals surface area contributed by atoms with E-state index >= 15 is 0 Å². The molecule has 11 heteroatoms. The summed E-state index contributed by atoms with van der Waals surface area (Å²) in [6, 6.07) is 8.00. The number of benzene rings is 1. The molecule has 4 aromatic rings. The normalized spacial score (nSPS) is 14.3. The van der Waals surface area contributed by atoms with Crippen LogP contribution in [-0.4, -0.2) is 71.5 Å². The van der Waals surface area contributed by atoms with Crippen molar-refractivity contribution in [1.29, 1.82) is 0 Å². The number of rotatable bonds is 4. The van der Waals surface area contributed by atoms with E-state index in [1.807, 2.05) is 43.1 Å². The molecule has 1 saturated heterocycles. The van der Waals surface area contributed by atoms with Gasteiger partial charge >= 0.3 is 0 Å². The molecule has 1 aliphatic heterocycles. The Morgan fingerprint density at radius 1 is 1.19 bits per heavy atom. The molecule has 0 unspecified atom stereocenters. The van der Waals surface area contributed by atoms with E-state index in [0.717, 1.165) is 28.0 Å². The van der Waals surface area contributed by atoms with Gasteiger partial charge in [0.1, 0.15) is 18.7 Å². The molecule has 0 aliphatic carbocycles. The molecule has 4 heterocycles. The molecule has 1 aliphatic rings. The number of fused-ring (bicyclic) bond motifs is 1. The highest BCUT2D eigenvalue weighted by Crippen LogP contribution is 2.23. The van der Waals surface area contributed by atoms with Gasteiger partial charge in [-0.05, 0) is 25.2 Å². The lowest BCUT2D eigenvalue weighted by Crippen LogP contribution is -2.50. The Hall–Kier alpha value is -3.60. The lowest BCUT2D eigenvalue weighted by atomic mass is 10.1. The van der Waals surface area contributed by atoms with Gasteiger partial charge in [0.15, 0.2) is 16.2 Å². The number of hydrogen-bond donors (Lipinski definition) is 1. The number of amides is 1. The van der Waals surface area contributed by atoms with Gasteiger partial charge in [0.2, 0.25) is 5.91 Å². The molecule has 1 fully saturated rings. The predicted octanol–water partition coefficient (Wildman–Crippen LogP) is 1.94. The standard InChI is InChI=1S/C21H23N9OS/c1-14-4-3-5-15(10-14)18-25-26-21(32)30(18)12-17(31)28-6-8-29(9-7-28)20-16-11-24-27(2)19(16)22-13-23-20/h3-5,10-11,13H,6-9,12H2,1-2H3,(H,26,32). The molecule has 164 valence electrons. The average Bonchev–Trinajstić information content (AvgIpc) is 3.36. The SMILES string of the molecule is Cc1cccc(-c2n[nH]c(=S)n2CC(=O)N2CCN(c3ncnc4c3cnn4C)CC2)c1. The van der Waals surface area contributed by atoms with E-state index in [1.165, 1.54) is 0 Å². The average molecular weight is 450 g/mol. The summed E-state index contributed by atoms with van der Waals surface area (Å²) >= 11 is 5.40. The number of anilines is 1. The molecule has 32 heavy (non-hydrogen) atoms. The van der Waals surface area contributed by atoms with E-state index < -0.39 is 0 Å². The number of carbonyl (C=O) groups excluding carboxylic acids is 1. The summed E-state index contributed by atoms with van der Waals surface area (Å²) in [5, 5.41) is 12.4. The molecule has 1 amide bonds. The van der Waals surface area contributed by atoms with Crippen molar-refractivity contribution in [1.82, 2.24) is 39.4 Å². The van der Waals surface area contributed by atoms with Crippen molar-refractivity contribution in [2.24, 2.45) is 7.05 Å². The summed E-state index contributed by atoms with van der Waals surface area (Å²) in [5.41, 5.74) is 2.85. The van der Waals surface area contributed by atoms with E-state index in [4.69, 9.17) is 12.2 Å². The van der Waals surface area contributed by atoms with Crippen molar-refractivity contribution in [3.63, 3.8) is 0 Å². The van der Waals surface area contributed by atoms with E-state index in [9.17, 15) is 4.79 Å². The van der Waals surface area contributed by atoms with Gasteiger partial charge in [-0.3, -0.25) is 19.1 Å². The van der Waals surface area contributed by atoms with Crippen molar-refractivity contribution >= 4 is 35.0 Å². The van der Waals surface area contributed by atoms with Gasteiger partial charge in [-0.2, -0.15) is 10.2 Å². The molecule has 0 saturated carbocycles. The van der Waals surface area contributed by atoms with Crippen molar-refractivity contribution < 1.29 is 4.79 Å². The Kier molecular flexibility index (Phi) is 5.17. The van der Waals surface area contributed by atoms with Gasteiger partial charge in [-0.25, -0.2) is 9.97 Å². The third-order valence-corrected chi connectivity index (χ3v) is 6.08. The van der Waals surface area contributed by atoms with Crippen LogP contribution < -0.4 is 4.90 Å². The van der Waals surface area contributed by atoms with Crippen LogP contribution in [0.5, 0.6) is 0 Å². The number of aromatic nitrogens is 7. The van der Waals surface area contributed by atoms with Crippen LogP contribution in [0, 0.1) is 11.7 Å². The van der Waals surface area contributed by atoms with Gasteiger partial charge in [0.05, 0.1) is 11.6 Å². The highest BCUT2D eigenvalue weighted by Gasteiger charge is 2.25. The molecule has 1 aromatic carbocycles. The Morgan fingerprint density at radius 2 is 2.00 bits per heavy atom. The summed E-state index contributed by atoms with van der Waals surface area (Å²) in [4.78, 5) is 25.9. The minimum Gasteiger partial charge on any atom is -0.352 e. The lowest BCUT2D eigenvalue weighted by molar-refractivity contribution is -0.132. The summed E-state index contributed by atoms with van der Waals surface area (Å²) in [6.45, 7) is 4.77. The van der Waals surface area contributed by atoms with Crippen LogP contribution in [0.15, 0.2) is 36.8 Å². The van der Waals surface area contributed by atoms with Crippen molar-refractivity contribution in [3.05, 3.63) is 47.1 Å². The van der Waals surface area contributed by atoms with Crippen molar-refractivity contribution in [2.75, 3.05) is 31.1 Å². The van der Waals surface area contributed by atoms with Crippen LogP contribution in [0.25, 0.3) is 22.4 Å². The minimum absolute atomic E-state index is 0.0188. The molecule has 1 N–H and O–H groups in total. The zero-order chi connectivity index (χ0) is 22.2.